The summed E-state index contributed by atoms with van der Waals surface area (Å²) in [6.45, 7) is 57.3. The zero-order chi connectivity index (χ0) is 77.6. The highest BCUT2D eigenvalue weighted by Gasteiger charge is 2.13. The molecule has 550 valence electrons. The summed E-state index contributed by atoms with van der Waals surface area (Å²) in [5, 5.41) is 6.39. The van der Waals surface area contributed by atoms with E-state index in [2.05, 4.69) is 257 Å². The molecule has 0 unspecified atom stereocenters. The molecule has 12 heterocycles. The van der Waals surface area contributed by atoms with Crippen molar-refractivity contribution in [3.63, 3.8) is 0 Å². The molecule has 0 saturated carbocycles. The third-order valence-corrected chi connectivity index (χ3v) is 17.5. The summed E-state index contributed by atoms with van der Waals surface area (Å²) < 4.78 is 15.2. The first-order valence-electron chi connectivity index (χ1n) is 37.0. The van der Waals surface area contributed by atoms with Crippen LogP contribution in [0.1, 0.15) is 176 Å². The fourth-order valence-corrected chi connectivity index (χ4v) is 12.1. The number of fused-ring (bicyclic) bond motifs is 9. The molecular weight excluding hydrogens is 1250 g/mol. The van der Waals surface area contributed by atoms with Crippen molar-refractivity contribution in [2.45, 2.75) is 194 Å². The minimum atomic E-state index is 1.03. The van der Waals surface area contributed by atoms with Crippen LogP contribution in [0.4, 0.5) is 0 Å². The summed E-state index contributed by atoms with van der Waals surface area (Å²) in [7, 11) is 14.5. The van der Waals surface area contributed by atoms with Gasteiger partial charge < -0.3 is 32.0 Å². The first kappa shape index (κ1) is 88.4. The number of hydrogen-bond acceptors (Lipinski definition) is 7. The van der Waals surface area contributed by atoms with Crippen molar-refractivity contribution in [2.24, 2.45) is 49.3 Å². The SMILES string of the molecule is CC.CC.CC.CC.CC.CC.CC.Cc1ccc2c3cccnc3n(C)c2c1C.Cc1cccc2cc(C)n(C)c12.Cc1cccc2nc(C)n(C)c12.Cc1ccnc2cc(C)n(C)c12.Cc1cncc2cc(C)n(C)c12.Cc1nccc2cc(C)n(C)c12.Cc1nccc2nc(C)n(C)c12. The zero-order valence-electron chi connectivity index (χ0n) is 69.5. The highest BCUT2D eigenvalue weighted by Crippen LogP contribution is 2.31. The predicted octanol–water partition coefficient (Wildman–Crippen LogP) is 23.7. The summed E-state index contributed by atoms with van der Waals surface area (Å²) in [4.78, 5) is 30.2. The van der Waals surface area contributed by atoms with Crippen LogP contribution in [0.3, 0.4) is 0 Å². The normalized spacial score (nSPS) is 9.91. The van der Waals surface area contributed by atoms with Crippen molar-refractivity contribution < 1.29 is 0 Å². The Kier molecular flexibility index (Phi) is 37.4. The summed E-state index contributed by atoms with van der Waals surface area (Å²) in [6, 6.07) is 35.9. The molecule has 0 saturated heterocycles. The molecule has 12 aromatic heterocycles. The Labute approximate surface area is 614 Å². The van der Waals surface area contributed by atoms with E-state index in [4.69, 9.17) is 0 Å². The second-order valence-corrected chi connectivity index (χ2v) is 23.5. The van der Waals surface area contributed by atoms with Crippen molar-refractivity contribution >= 4 is 87.7 Å². The van der Waals surface area contributed by atoms with Gasteiger partial charge in [0.1, 0.15) is 17.3 Å². The van der Waals surface area contributed by atoms with Crippen molar-refractivity contribution in [3.8, 4) is 0 Å². The molecule has 14 heteroatoms. The van der Waals surface area contributed by atoms with Crippen molar-refractivity contribution in [1.82, 2.24) is 66.9 Å². The molecule has 102 heavy (non-hydrogen) atoms. The Morgan fingerprint density at radius 1 is 0.265 bits per heavy atom. The van der Waals surface area contributed by atoms with Crippen molar-refractivity contribution in [2.75, 3.05) is 0 Å². The van der Waals surface area contributed by atoms with Gasteiger partial charge in [0.2, 0.25) is 0 Å². The molecule has 0 atom stereocenters. The predicted molar refractivity (Wildman–Crippen MR) is 448 cm³/mol. The number of aryl methyl sites for hydroxylation is 21. The maximum atomic E-state index is 4.45. The van der Waals surface area contributed by atoms with Crippen LogP contribution in [-0.4, -0.2) is 66.9 Å². The van der Waals surface area contributed by atoms with Crippen LogP contribution in [0.2, 0.25) is 0 Å². The molecule has 0 fully saturated rings. The lowest BCUT2D eigenvalue weighted by atomic mass is 10.1. The van der Waals surface area contributed by atoms with Gasteiger partial charge in [0.15, 0.2) is 0 Å². The number of para-hydroxylation sites is 2. The molecule has 0 aliphatic heterocycles. The van der Waals surface area contributed by atoms with Crippen LogP contribution in [0.25, 0.3) is 87.7 Å². The van der Waals surface area contributed by atoms with Crippen LogP contribution < -0.4 is 0 Å². The second kappa shape index (κ2) is 43.2. The highest BCUT2D eigenvalue weighted by molar-refractivity contribution is 6.08. The number of aromatic nitrogens is 14. The van der Waals surface area contributed by atoms with Gasteiger partial charge in [-0.15, -0.1) is 0 Å². The third kappa shape index (κ3) is 20.8. The first-order chi connectivity index (χ1) is 48.9. The molecule has 14 nitrogen and oxygen atoms in total. The number of imidazole rings is 2. The number of pyridine rings is 5. The fraction of sp³-hybridized carbons (Fsp3) is 0.398. The van der Waals surface area contributed by atoms with Crippen molar-refractivity contribution in [3.05, 3.63) is 220 Å². The van der Waals surface area contributed by atoms with Crippen molar-refractivity contribution in [1.29, 1.82) is 0 Å². The molecule has 0 spiro atoms. The molecule has 0 radical (unpaired) electrons. The topological polar surface area (TPSA) is 125 Å². The van der Waals surface area contributed by atoms with Gasteiger partial charge in [-0.1, -0.05) is 139 Å². The number of rotatable bonds is 0. The average molecular weight is 1380 g/mol. The van der Waals surface area contributed by atoms with E-state index in [0.29, 0.717) is 0 Å². The number of nitrogens with zero attached hydrogens (tertiary/aromatic N) is 14. The minimum absolute atomic E-state index is 1.03. The third-order valence-electron chi connectivity index (χ3n) is 17.5. The lowest BCUT2D eigenvalue weighted by Crippen LogP contribution is -1.93. The largest absolute Gasteiger partial charge is 0.348 e. The van der Waals surface area contributed by atoms with Crippen LogP contribution in [0, 0.1) is 96.9 Å². The highest BCUT2D eigenvalue weighted by atomic mass is 15.1. The smallest absolute Gasteiger partial charge is 0.140 e. The Morgan fingerprint density at radius 3 is 1.22 bits per heavy atom. The van der Waals surface area contributed by atoms with Gasteiger partial charge in [0.25, 0.3) is 0 Å². The van der Waals surface area contributed by atoms with Gasteiger partial charge in [-0.25, -0.2) is 15.0 Å². The Hall–Kier alpha value is -9.69. The van der Waals surface area contributed by atoms with Gasteiger partial charge >= 0.3 is 0 Å². The van der Waals surface area contributed by atoms with Crippen LogP contribution >= 0.6 is 0 Å². The van der Waals surface area contributed by atoms with E-state index < -0.39 is 0 Å². The van der Waals surface area contributed by atoms with E-state index in [1.54, 1.807) is 6.20 Å². The standard InChI is InChI=1S/C14H14N2.C11H13N.4C10H12N2.C9H11N3.7C2H6/c1-9-6-7-11-12-5-4-8-15-14(12)16(3)13(11)10(9)2;1-8-5-4-6-10-7-9(2)12(3)11(8)10;1-7-5-11-6-9-4-8(2)12(3)10(7)9;1-7-6-9-4-5-11-8(2)10(9)12(7)3;1-7-4-5-11-9-6-8(2)12(3)10(7)9;1-7-5-4-6-9-10(7)12(3)8(2)11-9;1-6-9-8(4-5-10-6)11-7(2)12(9)3;7*1-2/h4-8H,1-3H3;4-7H,1-3H3;4*4-6H,1-3H3;4-5H,1-3H3;7*1-2H3. The maximum Gasteiger partial charge on any atom is 0.140 e. The van der Waals surface area contributed by atoms with Crippen LogP contribution in [0.5, 0.6) is 0 Å². The first-order valence-corrected chi connectivity index (χ1v) is 37.0. The summed E-state index contributed by atoms with van der Waals surface area (Å²) >= 11 is 0. The lowest BCUT2D eigenvalue weighted by molar-refractivity contribution is 0.880. The molecular formula is C88H128N14. The van der Waals surface area contributed by atoms with E-state index in [0.717, 1.165) is 50.8 Å². The van der Waals surface area contributed by atoms with E-state index >= 15 is 0 Å². The summed E-state index contributed by atoms with van der Waals surface area (Å²) in [5.41, 5.74) is 28.2. The summed E-state index contributed by atoms with van der Waals surface area (Å²) in [6.07, 6.45) is 11.2. The van der Waals surface area contributed by atoms with Gasteiger partial charge in [-0.05, 0) is 191 Å². The van der Waals surface area contributed by atoms with E-state index in [9.17, 15) is 0 Å². The fourth-order valence-electron chi connectivity index (χ4n) is 12.1. The Bertz CT molecular complexity index is 4360. The molecule has 15 aromatic rings. The van der Waals surface area contributed by atoms with Crippen LogP contribution in [0.15, 0.2) is 140 Å². The average Bonchev–Trinajstić information content (AvgIpc) is 1.60. The molecule has 0 amide bonds. The lowest BCUT2D eigenvalue weighted by Gasteiger charge is -2.04. The van der Waals surface area contributed by atoms with E-state index in [1.807, 2.05) is 187 Å². The van der Waals surface area contributed by atoms with Gasteiger partial charge in [-0.3, -0.25) is 19.9 Å². The van der Waals surface area contributed by atoms with Gasteiger partial charge in [0.05, 0.1) is 66.6 Å². The van der Waals surface area contributed by atoms with Gasteiger partial charge in [-0.2, -0.15) is 0 Å². The minimum Gasteiger partial charge on any atom is -0.348 e. The molecule has 0 bridgehead atoms. The Balaban J connectivity index is 0.000000393. The van der Waals surface area contributed by atoms with E-state index in [-0.39, 0.29) is 0 Å². The molecule has 15 rings (SSSR count). The maximum absolute atomic E-state index is 4.45. The second-order valence-electron chi connectivity index (χ2n) is 23.5. The zero-order valence-corrected chi connectivity index (χ0v) is 69.5. The van der Waals surface area contributed by atoms with Crippen LogP contribution in [-0.2, 0) is 49.3 Å². The summed E-state index contributed by atoms with van der Waals surface area (Å²) in [5.74, 6) is 2.10. The Morgan fingerprint density at radius 2 is 0.696 bits per heavy atom. The van der Waals surface area contributed by atoms with E-state index in [1.165, 1.54) is 116 Å². The quantitative estimate of drug-likeness (QED) is 0.148. The monoisotopic (exact) mass is 1380 g/mol. The molecule has 0 aliphatic carbocycles. The molecule has 3 aromatic carbocycles. The molecule has 0 N–H and O–H groups in total. The van der Waals surface area contributed by atoms with Gasteiger partial charge in [0, 0.05) is 136 Å². The molecule has 0 aliphatic rings. The number of hydrogen-bond donors (Lipinski definition) is 0. The number of benzene rings is 3.